The van der Waals surface area contributed by atoms with Gasteiger partial charge in [-0.15, -0.1) is 10.2 Å². The van der Waals surface area contributed by atoms with Crippen LogP contribution in [0.2, 0.25) is 0 Å². The average molecular weight is 210 g/mol. The molecule has 1 aromatic heterocycles. The highest BCUT2D eigenvalue weighted by Gasteiger charge is 2.32. The van der Waals surface area contributed by atoms with Gasteiger partial charge in [0.05, 0.1) is 19.8 Å². The highest BCUT2D eigenvalue weighted by Crippen LogP contribution is 2.25. The second-order valence-electron chi connectivity index (χ2n) is 4.63. The first kappa shape index (κ1) is 10.6. The van der Waals surface area contributed by atoms with Crippen molar-refractivity contribution in [2.75, 3.05) is 19.8 Å². The lowest BCUT2D eigenvalue weighted by Gasteiger charge is -2.38. The third-order valence-electron chi connectivity index (χ3n) is 2.92. The Morgan fingerprint density at radius 3 is 2.67 bits per heavy atom. The molecule has 0 unspecified atom stereocenters. The summed E-state index contributed by atoms with van der Waals surface area (Å²) in [6, 6.07) is 0. The standard InChI is InChI=1S/C10H18N4O/c1-8-12-13-9(14(8)3)4-11-5-10(2)6-15-7-10/h11H,4-7H2,1-3H3. The van der Waals surface area contributed by atoms with Crippen molar-refractivity contribution in [2.24, 2.45) is 12.5 Å². The molecule has 1 aromatic rings. The second-order valence-corrected chi connectivity index (χ2v) is 4.63. The van der Waals surface area contributed by atoms with Crippen LogP contribution in [-0.4, -0.2) is 34.5 Å². The normalized spacial score (nSPS) is 18.9. The van der Waals surface area contributed by atoms with E-state index in [1.165, 1.54) is 0 Å². The van der Waals surface area contributed by atoms with Crippen LogP contribution in [0, 0.1) is 12.3 Å². The van der Waals surface area contributed by atoms with Crippen molar-refractivity contribution < 1.29 is 4.74 Å². The van der Waals surface area contributed by atoms with Crippen molar-refractivity contribution in [1.82, 2.24) is 20.1 Å². The summed E-state index contributed by atoms with van der Waals surface area (Å²) in [6.07, 6.45) is 0. The topological polar surface area (TPSA) is 52.0 Å². The van der Waals surface area contributed by atoms with E-state index in [9.17, 15) is 0 Å². The van der Waals surface area contributed by atoms with Crippen LogP contribution in [0.25, 0.3) is 0 Å². The summed E-state index contributed by atoms with van der Waals surface area (Å²) >= 11 is 0. The summed E-state index contributed by atoms with van der Waals surface area (Å²) in [5.41, 5.74) is 0.313. The molecule has 84 valence electrons. The Bertz CT molecular complexity index is 343. The fourth-order valence-corrected chi connectivity index (χ4v) is 1.63. The molecule has 5 heteroatoms. The first-order valence-electron chi connectivity index (χ1n) is 5.24. The van der Waals surface area contributed by atoms with Crippen molar-refractivity contribution in [2.45, 2.75) is 20.4 Å². The monoisotopic (exact) mass is 210 g/mol. The number of nitrogens with zero attached hydrogens (tertiary/aromatic N) is 3. The molecule has 0 atom stereocenters. The van der Waals surface area contributed by atoms with E-state index in [0.717, 1.165) is 38.0 Å². The lowest BCUT2D eigenvalue weighted by atomic mass is 9.89. The van der Waals surface area contributed by atoms with Gasteiger partial charge in [-0.3, -0.25) is 0 Å². The number of nitrogens with one attached hydrogen (secondary N) is 1. The molecule has 1 saturated heterocycles. The average Bonchev–Trinajstić information content (AvgIpc) is 2.47. The SMILES string of the molecule is Cc1nnc(CNCC2(C)COC2)n1C. The molecule has 1 aliphatic rings. The minimum absolute atomic E-state index is 0.313. The van der Waals surface area contributed by atoms with E-state index in [4.69, 9.17) is 4.74 Å². The zero-order chi connectivity index (χ0) is 10.9. The molecular formula is C10H18N4O. The van der Waals surface area contributed by atoms with Crippen LogP contribution in [0.4, 0.5) is 0 Å². The van der Waals surface area contributed by atoms with E-state index in [0.29, 0.717) is 5.41 Å². The van der Waals surface area contributed by atoms with E-state index < -0.39 is 0 Å². The van der Waals surface area contributed by atoms with E-state index in [-0.39, 0.29) is 0 Å². The Kier molecular flexibility index (Phi) is 2.75. The molecule has 1 aliphatic heterocycles. The van der Waals surface area contributed by atoms with Gasteiger partial charge in [0.2, 0.25) is 0 Å². The largest absolute Gasteiger partial charge is 0.380 e. The highest BCUT2D eigenvalue weighted by atomic mass is 16.5. The number of hydrogen-bond acceptors (Lipinski definition) is 4. The summed E-state index contributed by atoms with van der Waals surface area (Å²) in [6.45, 7) is 7.64. The highest BCUT2D eigenvalue weighted by molar-refractivity contribution is 4.92. The van der Waals surface area contributed by atoms with Crippen LogP contribution in [-0.2, 0) is 18.3 Å². The summed E-state index contributed by atoms with van der Waals surface area (Å²) in [4.78, 5) is 0. The number of rotatable bonds is 4. The van der Waals surface area contributed by atoms with Gasteiger partial charge < -0.3 is 14.6 Å². The van der Waals surface area contributed by atoms with Crippen LogP contribution in [0.15, 0.2) is 0 Å². The molecule has 1 fully saturated rings. The maximum absolute atomic E-state index is 5.20. The molecule has 0 saturated carbocycles. The van der Waals surface area contributed by atoms with Gasteiger partial charge in [0.25, 0.3) is 0 Å². The van der Waals surface area contributed by atoms with Crippen molar-refractivity contribution in [3.8, 4) is 0 Å². The van der Waals surface area contributed by atoms with Crippen molar-refractivity contribution >= 4 is 0 Å². The van der Waals surface area contributed by atoms with Crippen LogP contribution in [0.5, 0.6) is 0 Å². The quantitative estimate of drug-likeness (QED) is 0.774. The van der Waals surface area contributed by atoms with E-state index in [1.807, 2.05) is 18.5 Å². The second kappa shape index (κ2) is 3.90. The Morgan fingerprint density at radius 1 is 1.47 bits per heavy atom. The summed E-state index contributed by atoms with van der Waals surface area (Å²) in [5, 5.41) is 11.5. The maximum Gasteiger partial charge on any atom is 0.146 e. The molecule has 15 heavy (non-hydrogen) atoms. The van der Waals surface area contributed by atoms with Crippen LogP contribution >= 0.6 is 0 Å². The summed E-state index contributed by atoms with van der Waals surface area (Å²) in [7, 11) is 1.99. The molecule has 5 nitrogen and oxygen atoms in total. The molecule has 2 rings (SSSR count). The predicted molar refractivity (Wildman–Crippen MR) is 56.4 cm³/mol. The first-order valence-corrected chi connectivity index (χ1v) is 5.24. The van der Waals surface area contributed by atoms with Gasteiger partial charge in [0.1, 0.15) is 11.6 Å². The fraction of sp³-hybridized carbons (Fsp3) is 0.800. The predicted octanol–water partition coefficient (Wildman–Crippen LogP) is 0.250. The molecule has 0 bridgehead atoms. The number of ether oxygens (including phenoxy) is 1. The van der Waals surface area contributed by atoms with Gasteiger partial charge >= 0.3 is 0 Å². The lowest BCUT2D eigenvalue weighted by molar-refractivity contribution is -0.0992. The molecule has 0 amide bonds. The Morgan fingerprint density at radius 2 is 2.20 bits per heavy atom. The van der Waals surface area contributed by atoms with Crippen molar-refractivity contribution in [1.29, 1.82) is 0 Å². The molecule has 0 spiro atoms. The zero-order valence-electron chi connectivity index (χ0n) is 9.58. The van der Waals surface area contributed by atoms with Gasteiger partial charge in [-0.05, 0) is 6.92 Å². The number of aromatic nitrogens is 3. The minimum Gasteiger partial charge on any atom is -0.380 e. The van der Waals surface area contributed by atoms with E-state index >= 15 is 0 Å². The van der Waals surface area contributed by atoms with E-state index in [2.05, 4.69) is 22.4 Å². The maximum atomic E-state index is 5.20. The minimum atomic E-state index is 0.313. The summed E-state index contributed by atoms with van der Waals surface area (Å²) in [5.74, 6) is 1.93. The fourth-order valence-electron chi connectivity index (χ4n) is 1.63. The van der Waals surface area contributed by atoms with Crippen LogP contribution < -0.4 is 5.32 Å². The van der Waals surface area contributed by atoms with Gasteiger partial charge in [-0.25, -0.2) is 0 Å². The number of aryl methyl sites for hydroxylation is 1. The van der Waals surface area contributed by atoms with E-state index in [1.54, 1.807) is 0 Å². The van der Waals surface area contributed by atoms with Crippen molar-refractivity contribution in [3.63, 3.8) is 0 Å². The summed E-state index contributed by atoms with van der Waals surface area (Å²) < 4.78 is 7.20. The molecule has 0 aliphatic carbocycles. The van der Waals surface area contributed by atoms with Gasteiger partial charge in [0.15, 0.2) is 0 Å². The van der Waals surface area contributed by atoms with Gasteiger partial charge in [-0.1, -0.05) is 6.92 Å². The van der Waals surface area contributed by atoms with Crippen LogP contribution in [0.3, 0.4) is 0 Å². The number of hydrogen-bond donors (Lipinski definition) is 1. The molecule has 0 aromatic carbocycles. The first-order chi connectivity index (χ1) is 7.11. The Hall–Kier alpha value is -0.940. The third-order valence-corrected chi connectivity index (χ3v) is 2.92. The van der Waals surface area contributed by atoms with Crippen LogP contribution in [0.1, 0.15) is 18.6 Å². The Balaban J connectivity index is 1.81. The lowest BCUT2D eigenvalue weighted by Crippen LogP contribution is -2.47. The molecular weight excluding hydrogens is 192 g/mol. The molecule has 0 radical (unpaired) electrons. The third kappa shape index (κ3) is 2.18. The van der Waals surface area contributed by atoms with Gasteiger partial charge in [0, 0.05) is 19.0 Å². The smallest absolute Gasteiger partial charge is 0.146 e. The Labute approximate surface area is 89.8 Å². The molecule has 1 N–H and O–H groups in total. The molecule has 2 heterocycles. The van der Waals surface area contributed by atoms with Crippen molar-refractivity contribution in [3.05, 3.63) is 11.6 Å². The zero-order valence-corrected chi connectivity index (χ0v) is 9.58. The van der Waals surface area contributed by atoms with Gasteiger partial charge in [-0.2, -0.15) is 0 Å².